The summed E-state index contributed by atoms with van der Waals surface area (Å²) in [5.74, 6) is 0. The number of sulfonamides is 2. The number of hydrogen-bond donors (Lipinski definition) is 2. The van der Waals surface area contributed by atoms with Crippen molar-refractivity contribution in [3.05, 3.63) is 25.3 Å². The highest BCUT2D eigenvalue weighted by Crippen LogP contribution is 2.27. The van der Waals surface area contributed by atoms with E-state index in [0.717, 1.165) is 12.2 Å². The van der Waals surface area contributed by atoms with Crippen molar-refractivity contribution >= 4 is 20.0 Å². The molecule has 0 aliphatic rings. The maximum absolute atomic E-state index is 11.9. The summed E-state index contributed by atoms with van der Waals surface area (Å²) in [6, 6.07) is 0. The van der Waals surface area contributed by atoms with E-state index >= 15 is 0 Å². The van der Waals surface area contributed by atoms with Crippen molar-refractivity contribution in [2.24, 2.45) is 10.3 Å². The van der Waals surface area contributed by atoms with Gasteiger partial charge >= 0.3 is 12.4 Å². The van der Waals surface area contributed by atoms with E-state index in [9.17, 15) is 43.2 Å². The fourth-order valence-electron chi connectivity index (χ4n) is 1.21. The van der Waals surface area contributed by atoms with Crippen molar-refractivity contribution in [3.63, 3.8) is 0 Å². The molecule has 0 heterocycles. The first kappa shape index (κ1) is 25.1. The average molecular weight is 406 g/mol. The Morgan fingerprint density at radius 3 is 1.00 bits per heavy atom. The highest BCUT2D eigenvalue weighted by atomic mass is 32.2. The Morgan fingerprint density at radius 1 is 0.750 bits per heavy atom. The largest absolute Gasteiger partial charge is 0.407 e. The number of primary sulfonamides is 2. The topological polar surface area (TPSA) is 120 Å². The minimum atomic E-state index is -4.83. The van der Waals surface area contributed by atoms with Crippen LogP contribution in [0.4, 0.5) is 26.3 Å². The van der Waals surface area contributed by atoms with E-state index in [1.807, 2.05) is 0 Å². The predicted octanol–water partition coefficient (Wildman–Crippen LogP) is 1.56. The van der Waals surface area contributed by atoms with Gasteiger partial charge in [0, 0.05) is 0 Å². The molecule has 0 aromatic heterocycles. The molecule has 4 N–H and O–H groups in total. The van der Waals surface area contributed by atoms with Crippen molar-refractivity contribution < 1.29 is 43.2 Å². The molecule has 0 aromatic carbocycles. The zero-order chi connectivity index (χ0) is 20.0. The van der Waals surface area contributed by atoms with Crippen molar-refractivity contribution in [2.45, 2.75) is 35.7 Å². The van der Waals surface area contributed by atoms with Crippen LogP contribution < -0.4 is 10.3 Å². The first-order valence-corrected chi connectivity index (χ1v) is 8.99. The van der Waals surface area contributed by atoms with Gasteiger partial charge in [0.15, 0.2) is 10.5 Å². The summed E-state index contributed by atoms with van der Waals surface area (Å²) in [6.07, 6.45) is -9.38. The number of halogens is 6. The zero-order valence-electron chi connectivity index (χ0n) is 12.0. The Hall–Kier alpha value is -1.12. The minimum absolute atomic E-state index is 0.720. The second kappa shape index (κ2) is 8.82. The van der Waals surface area contributed by atoms with Crippen molar-refractivity contribution in [1.82, 2.24) is 0 Å². The average Bonchev–Trinajstić information content (AvgIpc) is 2.28. The SMILES string of the molecule is C=CC[C@@H](C(F)(F)F)S(N)(=O)=O.C=CC[C@H](C(F)(F)F)S(N)(=O)=O. The van der Waals surface area contributed by atoms with E-state index in [1.165, 1.54) is 0 Å². The highest BCUT2D eigenvalue weighted by molar-refractivity contribution is 7.90. The van der Waals surface area contributed by atoms with Crippen LogP contribution in [0.5, 0.6) is 0 Å². The van der Waals surface area contributed by atoms with Gasteiger partial charge in [0.1, 0.15) is 0 Å². The molecule has 0 saturated heterocycles. The summed E-state index contributed by atoms with van der Waals surface area (Å²) in [7, 11) is -9.16. The van der Waals surface area contributed by atoms with Crippen LogP contribution in [0.15, 0.2) is 25.3 Å². The first-order chi connectivity index (χ1) is 10.4. The van der Waals surface area contributed by atoms with Crippen molar-refractivity contribution in [1.29, 1.82) is 0 Å². The lowest BCUT2D eigenvalue weighted by molar-refractivity contribution is -0.130. The van der Waals surface area contributed by atoms with Gasteiger partial charge in [-0.15, -0.1) is 13.2 Å². The quantitative estimate of drug-likeness (QED) is 0.514. The standard InChI is InChI=1S/2C5H8F3NO2S/c2*1-2-3-4(5(6,7)8)12(9,10)11/h2*2,4H,1,3H2,(H2,9,10,11)/t2*4-/m10/s1. The number of hydrogen-bond acceptors (Lipinski definition) is 4. The lowest BCUT2D eigenvalue weighted by Gasteiger charge is -2.15. The van der Waals surface area contributed by atoms with Gasteiger partial charge in [0.25, 0.3) is 0 Å². The Labute approximate surface area is 135 Å². The zero-order valence-corrected chi connectivity index (χ0v) is 13.6. The van der Waals surface area contributed by atoms with Gasteiger partial charge in [0.2, 0.25) is 20.0 Å². The molecule has 0 radical (unpaired) electrons. The molecule has 0 amide bonds. The van der Waals surface area contributed by atoms with Crippen molar-refractivity contribution in [2.75, 3.05) is 0 Å². The minimum Gasteiger partial charge on any atom is -0.228 e. The molecule has 0 aliphatic carbocycles. The monoisotopic (exact) mass is 406 g/mol. The van der Waals surface area contributed by atoms with Gasteiger partial charge in [-0.05, 0) is 12.8 Å². The molecule has 0 rings (SSSR count). The lowest BCUT2D eigenvalue weighted by atomic mass is 10.3. The third kappa shape index (κ3) is 9.89. The molecule has 0 bridgehead atoms. The smallest absolute Gasteiger partial charge is 0.228 e. The molecule has 0 unspecified atom stereocenters. The maximum atomic E-state index is 11.9. The number of rotatable bonds is 6. The Kier molecular flexibility index (Phi) is 9.24. The Morgan fingerprint density at radius 2 is 0.958 bits per heavy atom. The Bertz CT molecular complexity index is 569. The number of alkyl halides is 6. The molecule has 0 spiro atoms. The summed E-state index contributed by atoms with van der Waals surface area (Å²) in [5, 5.41) is 3.63. The molecule has 0 saturated carbocycles. The van der Waals surface area contributed by atoms with Gasteiger partial charge in [-0.3, -0.25) is 0 Å². The molecular weight excluding hydrogens is 390 g/mol. The van der Waals surface area contributed by atoms with Crippen LogP contribution in [-0.4, -0.2) is 39.7 Å². The molecule has 6 nitrogen and oxygen atoms in total. The van der Waals surface area contributed by atoms with Crippen LogP contribution in [0.2, 0.25) is 0 Å². The van der Waals surface area contributed by atoms with Crippen LogP contribution in [0.1, 0.15) is 12.8 Å². The molecule has 14 heteroatoms. The fraction of sp³-hybridized carbons (Fsp3) is 0.600. The second-order valence-corrected chi connectivity index (χ2v) is 7.78. The predicted molar refractivity (Wildman–Crippen MR) is 75.5 cm³/mol. The van der Waals surface area contributed by atoms with Crippen LogP contribution in [0.25, 0.3) is 0 Å². The van der Waals surface area contributed by atoms with E-state index in [2.05, 4.69) is 23.4 Å². The van der Waals surface area contributed by atoms with E-state index in [1.54, 1.807) is 0 Å². The summed E-state index contributed by atoms with van der Waals surface area (Å²) >= 11 is 0. The first-order valence-electron chi connectivity index (χ1n) is 5.77. The molecule has 0 fully saturated rings. The normalized spacial score (nSPS) is 15.7. The molecule has 0 aromatic rings. The third-order valence-corrected chi connectivity index (χ3v) is 4.79. The Balaban J connectivity index is 0. The van der Waals surface area contributed by atoms with E-state index in [-0.39, 0.29) is 0 Å². The van der Waals surface area contributed by atoms with E-state index in [4.69, 9.17) is 0 Å². The molecule has 24 heavy (non-hydrogen) atoms. The van der Waals surface area contributed by atoms with Gasteiger partial charge in [-0.1, -0.05) is 12.2 Å². The number of nitrogens with two attached hydrogens (primary N) is 2. The van der Waals surface area contributed by atoms with Gasteiger partial charge < -0.3 is 0 Å². The summed E-state index contributed by atoms with van der Waals surface area (Å²) in [6.45, 7) is 6.02. The van der Waals surface area contributed by atoms with Crippen LogP contribution in [0, 0.1) is 0 Å². The lowest BCUT2D eigenvalue weighted by Crippen LogP contribution is -2.40. The van der Waals surface area contributed by atoms with E-state index < -0.39 is 55.7 Å². The van der Waals surface area contributed by atoms with Gasteiger partial charge in [-0.25, -0.2) is 27.1 Å². The summed E-state index contributed by atoms with van der Waals surface area (Å²) in [4.78, 5) is 0. The van der Waals surface area contributed by atoms with Crippen molar-refractivity contribution in [3.8, 4) is 0 Å². The summed E-state index contributed by atoms with van der Waals surface area (Å²) in [5.41, 5.74) is 0. The maximum Gasteiger partial charge on any atom is 0.407 e. The van der Waals surface area contributed by atoms with Gasteiger partial charge in [-0.2, -0.15) is 26.3 Å². The summed E-state index contributed by atoms with van der Waals surface area (Å²) < 4.78 is 113. The second-order valence-electron chi connectivity index (χ2n) is 4.29. The van der Waals surface area contributed by atoms with Crippen LogP contribution in [-0.2, 0) is 20.0 Å². The van der Waals surface area contributed by atoms with E-state index in [0.29, 0.717) is 0 Å². The molecular formula is C10H16F6N2O4S2. The highest BCUT2D eigenvalue weighted by Gasteiger charge is 2.46. The molecule has 2 atom stereocenters. The third-order valence-electron chi connectivity index (χ3n) is 2.28. The molecule has 0 aliphatic heterocycles. The fourth-order valence-corrected chi connectivity index (χ4v) is 2.76. The molecule has 144 valence electrons. The number of allylic oxidation sites excluding steroid dienone is 2. The van der Waals surface area contributed by atoms with Crippen LogP contribution in [0.3, 0.4) is 0 Å². The van der Waals surface area contributed by atoms with Crippen LogP contribution >= 0.6 is 0 Å². The van der Waals surface area contributed by atoms with Gasteiger partial charge in [0.05, 0.1) is 0 Å².